The van der Waals surface area contributed by atoms with E-state index in [1.807, 2.05) is 0 Å². The number of urea groups is 1. The lowest BCUT2D eigenvalue weighted by Gasteiger charge is -2.27. The van der Waals surface area contributed by atoms with Gasteiger partial charge < -0.3 is 25.2 Å². The Labute approximate surface area is 106 Å². The van der Waals surface area contributed by atoms with E-state index in [-0.39, 0.29) is 5.92 Å². The van der Waals surface area contributed by atoms with Gasteiger partial charge in [0.15, 0.2) is 6.04 Å². The van der Waals surface area contributed by atoms with Crippen LogP contribution in [0.25, 0.3) is 0 Å². The summed E-state index contributed by atoms with van der Waals surface area (Å²) in [7, 11) is 1.60. The minimum absolute atomic E-state index is 0.284. The van der Waals surface area contributed by atoms with Gasteiger partial charge in [0.2, 0.25) is 0 Å². The van der Waals surface area contributed by atoms with Crippen molar-refractivity contribution < 1.29 is 24.5 Å². The van der Waals surface area contributed by atoms with Gasteiger partial charge >= 0.3 is 12.0 Å². The third-order valence-electron chi connectivity index (χ3n) is 2.91. The second-order valence-electron chi connectivity index (χ2n) is 4.49. The number of ether oxygens (including phenoxy) is 1. The number of aliphatic hydroxyl groups is 1. The second kappa shape index (κ2) is 7.17. The molecular weight excluding hydrogens is 240 g/mol. The molecule has 1 aliphatic rings. The standard InChI is InChI=1S/C11H20N2O5/c1-13(5-8-3-2-4-18-7-8)11(17)12-9(6-14)10(15)16/h8-9,14H,2-7H2,1H3,(H,12,17)(H,15,16). The van der Waals surface area contributed by atoms with Crippen LogP contribution in [0.2, 0.25) is 0 Å². The number of carboxylic acid groups (broad SMARTS) is 1. The molecule has 0 aromatic heterocycles. The van der Waals surface area contributed by atoms with Gasteiger partial charge in [-0.2, -0.15) is 0 Å². The number of amides is 2. The average Bonchev–Trinajstić information content (AvgIpc) is 2.36. The normalized spacial score (nSPS) is 21.1. The van der Waals surface area contributed by atoms with Crippen molar-refractivity contribution in [2.75, 3.05) is 33.4 Å². The van der Waals surface area contributed by atoms with E-state index in [9.17, 15) is 9.59 Å². The number of aliphatic carboxylic acids is 1. The van der Waals surface area contributed by atoms with Gasteiger partial charge in [-0.1, -0.05) is 0 Å². The van der Waals surface area contributed by atoms with Gasteiger partial charge in [-0.15, -0.1) is 0 Å². The van der Waals surface area contributed by atoms with Crippen LogP contribution in [-0.4, -0.2) is 66.6 Å². The third-order valence-corrected chi connectivity index (χ3v) is 2.91. The number of carbonyl (C=O) groups excluding carboxylic acids is 1. The Morgan fingerprint density at radius 2 is 2.28 bits per heavy atom. The summed E-state index contributed by atoms with van der Waals surface area (Å²) in [6.07, 6.45) is 1.98. The number of hydrogen-bond donors (Lipinski definition) is 3. The third kappa shape index (κ3) is 4.50. The summed E-state index contributed by atoms with van der Waals surface area (Å²) in [4.78, 5) is 23.8. The van der Waals surface area contributed by atoms with Crippen LogP contribution in [0, 0.1) is 5.92 Å². The van der Waals surface area contributed by atoms with Gasteiger partial charge in [-0.05, 0) is 12.8 Å². The number of nitrogens with one attached hydrogen (secondary N) is 1. The van der Waals surface area contributed by atoms with Crippen molar-refractivity contribution >= 4 is 12.0 Å². The molecule has 1 fully saturated rings. The Hall–Kier alpha value is -1.34. The SMILES string of the molecule is CN(CC1CCCOC1)C(=O)NC(CO)C(=O)O. The molecule has 0 bridgehead atoms. The molecule has 0 aliphatic carbocycles. The van der Waals surface area contributed by atoms with Crippen LogP contribution in [0.5, 0.6) is 0 Å². The van der Waals surface area contributed by atoms with E-state index in [0.717, 1.165) is 19.4 Å². The van der Waals surface area contributed by atoms with Crippen LogP contribution in [0.4, 0.5) is 4.79 Å². The van der Waals surface area contributed by atoms with Crippen molar-refractivity contribution in [3.8, 4) is 0 Å². The first-order chi connectivity index (χ1) is 8.54. The first-order valence-electron chi connectivity index (χ1n) is 5.97. The average molecular weight is 260 g/mol. The zero-order chi connectivity index (χ0) is 13.5. The largest absolute Gasteiger partial charge is 0.480 e. The molecule has 1 saturated heterocycles. The van der Waals surface area contributed by atoms with E-state index >= 15 is 0 Å². The lowest BCUT2D eigenvalue weighted by atomic mass is 10.0. The number of rotatable bonds is 5. The Morgan fingerprint density at radius 3 is 2.78 bits per heavy atom. The molecule has 7 heteroatoms. The highest BCUT2D eigenvalue weighted by atomic mass is 16.5. The van der Waals surface area contributed by atoms with Crippen LogP contribution >= 0.6 is 0 Å². The number of carbonyl (C=O) groups is 2. The fraction of sp³-hybridized carbons (Fsp3) is 0.818. The molecule has 1 heterocycles. The number of aliphatic hydroxyl groups excluding tert-OH is 1. The maximum atomic E-state index is 11.7. The predicted molar refractivity (Wildman–Crippen MR) is 63.2 cm³/mol. The molecule has 0 spiro atoms. The molecule has 7 nitrogen and oxygen atoms in total. The van der Waals surface area contributed by atoms with Crippen molar-refractivity contribution in [3.63, 3.8) is 0 Å². The van der Waals surface area contributed by atoms with E-state index in [0.29, 0.717) is 13.2 Å². The lowest BCUT2D eigenvalue weighted by molar-refractivity contribution is -0.140. The molecule has 0 aromatic rings. The molecule has 104 valence electrons. The smallest absolute Gasteiger partial charge is 0.328 e. The monoisotopic (exact) mass is 260 g/mol. The molecular formula is C11H20N2O5. The van der Waals surface area contributed by atoms with Gasteiger partial charge in [-0.3, -0.25) is 0 Å². The lowest BCUT2D eigenvalue weighted by Crippen LogP contribution is -2.49. The number of nitrogens with zero attached hydrogens (tertiary/aromatic N) is 1. The summed E-state index contributed by atoms with van der Waals surface area (Å²) in [6, 6.07) is -1.76. The zero-order valence-corrected chi connectivity index (χ0v) is 10.5. The summed E-state index contributed by atoms with van der Waals surface area (Å²) in [5.41, 5.74) is 0. The molecule has 18 heavy (non-hydrogen) atoms. The maximum Gasteiger partial charge on any atom is 0.328 e. The molecule has 0 saturated carbocycles. The van der Waals surface area contributed by atoms with Crippen LogP contribution in [0.3, 0.4) is 0 Å². The van der Waals surface area contributed by atoms with Gasteiger partial charge in [0.25, 0.3) is 0 Å². The number of hydrogen-bond acceptors (Lipinski definition) is 4. The van der Waals surface area contributed by atoms with Crippen molar-refractivity contribution in [2.24, 2.45) is 5.92 Å². The minimum atomic E-state index is -1.26. The molecule has 3 N–H and O–H groups in total. The molecule has 2 atom stereocenters. The van der Waals surface area contributed by atoms with E-state index in [4.69, 9.17) is 14.9 Å². The summed E-state index contributed by atoms with van der Waals surface area (Å²) in [5, 5.41) is 19.8. The van der Waals surface area contributed by atoms with Gasteiger partial charge in [-0.25, -0.2) is 9.59 Å². The summed E-state index contributed by atoms with van der Waals surface area (Å²) < 4.78 is 5.31. The van der Waals surface area contributed by atoms with Crippen molar-refractivity contribution in [1.82, 2.24) is 10.2 Å². The van der Waals surface area contributed by atoms with Crippen LogP contribution in [-0.2, 0) is 9.53 Å². The highest BCUT2D eigenvalue weighted by Gasteiger charge is 2.23. The van der Waals surface area contributed by atoms with Crippen LogP contribution < -0.4 is 5.32 Å². The Morgan fingerprint density at radius 1 is 1.56 bits per heavy atom. The molecule has 2 amide bonds. The van der Waals surface area contributed by atoms with E-state index < -0.39 is 24.6 Å². The molecule has 0 radical (unpaired) electrons. The Balaban J connectivity index is 2.37. The van der Waals surface area contributed by atoms with Gasteiger partial charge in [0, 0.05) is 26.1 Å². The quantitative estimate of drug-likeness (QED) is 0.619. The highest BCUT2D eigenvalue weighted by Crippen LogP contribution is 2.14. The minimum Gasteiger partial charge on any atom is -0.480 e. The van der Waals surface area contributed by atoms with Crippen molar-refractivity contribution in [1.29, 1.82) is 0 Å². The van der Waals surface area contributed by atoms with Gasteiger partial charge in [0.1, 0.15) is 0 Å². The zero-order valence-electron chi connectivity index (χ0n) is 10.5. The van der Waals surface area contributed by atoms with E-state index in [1.54, 1.807) is 7.05 Å². The van der Waals surface area contributed by atoms with Crippen molar-refractivity contribution in [3.05, 3.63) is 0 Å². The Kier molecular flexibility index (Phi) is 5.87. The Bertz CT molecular complexity index is 291. The van der Waals surface area contributed by atoms with Crippen molar-refractivity contribution in [2.45, 2.75) is 18.9 Å². The van der Waals surface area contributed by atoms with Crippen LogP contribution in [0.1, 0.15) is 12.8 Å². The van der Waals surface area contributed by atoms with E-state index in [2.05, 4.69) is 5.32 Å². The fourth-order valence-corrected chi connectivity index (χ4v) is 1.87. The molecule has 1 aliphatic heterocycles. The molecule has 1 rings (SSSR count). The fourth-order valence-electron chi connectivity index (χ4n) is 1.87. The topological polar surface area (TPSA) is 99.1 Å². The number of carboxylic acids is 1. The molecule has 0 aromatic carbocycles. The van der Waals surface area contributed by atoms with E-state index in [1.165, 1.54) is 4.90 Å². The summed E-state index contributed by atoms with van der Waals surface area (Å²) in [5.74, 6) is -0.966. The second-order valence-corrected chi connectivity index (χ2v) is 4.49. The van der Waals surface area contributed by atoms with Crippen LogP contribution in [0.15, 0.2) is 0 Å². The summed E-state index contributed by atoms with van der Waals surface area (Å²) >= 11 is 0. The first-order valence-corrected chi connectivity index (χ1v) is 5.97. The molecule has 2 unspecified atom stereocenters. The highest BCUT2D eigenvalue weighted by molar-refractivity contribution is 5.82. The van der Waals surface area contributed by atoms with Gasteiger partial charge in [0.05, 0.1) is 13.2 Å². The summed E-state index contributed by atoms with van der Waals surface area (Å²) in [6.45, 7) is 1.28. The first kappa shape index (κ1) is 14.7. The predicted octanol–water partition coefficient (Wildman–Crippen LogP) is -0.500. The maximum absolute atomic E-state index is 11.7.